The summed E-state index contributed by atoms with van der Waals surface area (Å²) in [7, 11) is 0. The van der Waals surface area contributed by atoms with E-state index in [-0.39, 0.29) is 23.4 Å². The maximum atomic E-state index is 15.0. The van der Waals surface area contributed by atoms with Gasteiger partial charge in [0, 0.05) is 18.0 Å². The summed E-state index contributed by atoms with van der Waals surface area (Å²) >= 11 is 13.8. The zero-order chi connectivity index (χ0) is 32.2. The molecule has 2 aliphatic heterocycles. The van der Waals surface area contributed by atoms with Crippen molar-refractivity contribution in [3.05, 3.63) is 70.3 Å². The maximum Gasteiger partial charge on any atom is 0.258 e. The van der Waals surface area contributed by atoms with Gasteiger partial charge in [-0.1, -0.05) is 30.7 Å². The summed E-state index contributed by atoms with van der Waals surface area (Å²) in [6.07, 6.45) is 1.14. The molecule has 2 saturated heterocycles. The van der Waals surface area contributed by atoms with Gasteiger partial charge < -0.3 is 5.11 Å². The Hall–Kier alpha value is -3.58. The van der Waals surface area contributed by atoms with Crippen LogP contribution in [-0.2, 0) is 19.2 Å². The van der Waals surface area contributed by atoms with Gasteiger partial charge in [0.05, 0.1) is 11.8 Å². The summed E-state index contributed by atoms with van der Waals surface area (Å²) in [6.45, 7) is 1.82. The normalized spacial score (nSPS) is 31.3. The van der Waals surface area contributed by atoms with Gasteiger partial charge in [0.2, 0.25) is 17.6 Å². The lowest BCUT2D eigenvalue weighted by Crippen LogP contribution is -2.60. The third-order valence-corrected chi connectivity index (χ3v) is 10.5. The van der Waals surface area contributed by atoms with Crippen molar-refractivity contribution in [1.29, 1.82) is 0 Å². The molecule has 6 unspecified atom stereocenters. The van der Waals surface area contributed by atoms with Crippen LogP contribution in [0.1, 0.15) is 37.7 Å². The molecule has 2 aromatic rings. The van der Waals surface area contributed by atoms with E-state index in [0.717, 1.165) is 23.1 Å². The molecular weight excluding hydrogens is 641 g/mol. The second kappa shape index (κ2) is 9.96. The molecule has 4 amide bonds. The number of amides is 4. The van der Waals surface area contributed by atoms with Gasteiger partial charge in [-0.05, 0) is 31.2 Å². The number of aromatic hydroxyl groups is 1. The van der Waals surface area contributed by atoms with E-state index in [0.29, 0.717) is 6.42 Å². The first-order valence-corrected chi connectivity index (χ1v) is 14.2. The first-order chi connectivity index (χ1) is 20.6. The molecule has 1 saturated carbocycles. The van der Waals surface area contributed by atoms with E-state index < -0.39 is 115 Å². The third kappa shape index (κ3) is 3.59. The Labute approximate surface area is 255 Å². The lowest BCUT2D eigenvalue weighted by molar-refractivity contribution is -0.140. The number of anilines is 1. The number of hydrogen-bond acceptors (Lipinski definition) is 5. The Balaban J connectivity index is 1.61. The molecule has 2 heterocycles. The number of hydrogen-bond donors (Lipinski definition) is 1. The molecule has 0 bridgehead atoms. The Morgan fingerprint density at radius 1 is 0.886 bits per heavy atom. The Morgan fingerprint density at radius 2 is 1.50 bits per heavy atom. The summed E-state index contributed by atoms with van der Waals surface area (Å²) < 4.78 is 87.1. The number of para-hydroxylation sites is 1. The van der Waals surface area contributed by atoms with Crippen molar-refractivity contribution in [2.45, 2.75) is 41.9 Å². The van der Waals surface area contributed by atoms with Gasteiger partial charge in [-0.3, -0.25) is 24.1 Å². The van der Waals surface area contributed by atoms with Crippen molar-refractivity contribution in [3.8, 4) is 5.75 Å². The highest BCUT2D eigenvalue weighted by Gasteiger charge is 2.77. The minimum atomic E-state index is -2.85. The lowest BCUT2D eigenvalue weighted by Gasteiger charge is -2.50. The van der Waals surface area contributed by atoms with Crippen molar-refractivity contribution in [1.82, 2.24) is 4.90 Å². The van der Waals surface area contributed by atoms with Crippen LogP contribution in [-0.4, -0.2) is 49.9 Å². The molecular formula is C29H20Cl2F6N2O5. The summed E-state index contributed by atoms with van der Waals surface area (Å²) in [5.74, 6) is -24.2. The molecule has 0 aromatic heterocycles. The molecule has 0 spiro atoms. The number of carbonyl (C=O) groups is 4. The SMILES string of the molecule is CCCN1C(=O)C2CC=C3C(CC4(Cl)C(=O)N(c5c(F)c(F)c(F)c(F)c5F)C(=O)C4(Cl)C3c3cccc(F)c3O)C2C1=O. The predicted octanol–water partition coefficient (Wildman–Crippen LogP) is 5.20. The van der Waals surface area contributed by atoms with E-state index in [1.807, 2.05) is 0 Å². The van der Waals surface area contributed by atoms with Gasteiger partial charge in [-0.2, -0.15) is 0 Å². The second-order valence-corrected chi connectivity index (χ2v) is 12.4. The average molecular weight is 661 g/mol. The highest BCUT2D eigenvalue weighted by Crippen LogP contribution is 2.66. The van der Waals surface area contributed by atoms with Gasteiger partial charge in [-0.15, -0.1) is 23.2 Å². The van der Waals surface area contributed by atoms with Gasteiger partial charge in [0.15, 0.2) is 44.6 Å². The molecule has 2 aliphatic carbocycles. The number of fused-ring (bicyclic) bond motifs is 4. The highest BCUT2D eigenvalue weighted by molar-refractivity contribution is 6.58. The van der Waals surface area contributed by atoms with Gasteiger partial charge >= 0.3 is 0 Å². The fourth-order valence-electron chi connectivity index (χ4n) is 7.19. The summed E-state index contributed by atoms with van der Waals surface area (Å²) in [5.41, 5.74) is -2.22. The number of allylic oxidation sites excluding steroid dienone is 2. The summed E-state index contributed by atoms with van der Waals surface area (Å²) in [6, 6.07) is 3.14. The lowest BCUT2D eigenvalue weighted by atomic mass is 9.56. The van der Waals surface area contributed by atoms with Gasteiger partial charge in [-0.25, -0.2) is 31.2 Å². The number of imide groups is 2. The first kappa shape index (κ1) is 30.4. The molecule has 2 aromatic carbocycles. The van der Waals surface area contributed by atoms with E-state index >= 15 is 8.78 Å². The van der Waals surface area contributed by atoms with Crippen LogP contribution in [0.5, 0.6) is 5.75 Å². The zero-order valence-corrected chi connectivity index (χ0v) is 24.0. The number of nitrogens with zero attached hydrogens (tertiary/aromatic N) is 2. The van der Waals surface area contributed by atoms with Crippen LogP contribution in [0, 0.1) is 52.7 Å². The third-order valence-electron chi connectivity index (χ3n) is 9.09. The molecule has 0 radical (unpaired) electrons. The monoisotopic (exact) mass is 660 g/mol. The largest absolute Gasteiger partial charge is 0.505 e. The van der Waals surface area contributed by atoms with Gasteiger partial charge in [0.25, 0.3) is 11.8 Å². The fourth-order valence-corrected chi connectivity index (χ4v) is 8.11. The quantitative estimate of drug-likeness (QED) is 0.122. The van der Waals surface area contributed by atoms with Crippen molar-refractivity contribution in [2.75, 3.05) is 11.4 Å². The molecule has 6 atom stereocenters. The number of halogens is 8. The smallest absolute Gasteiger partial charge is 0.258 e. The Bertz CT molecular complexity index is 1710. The number of likely N-dealkylation sites (tertiary alicyclic amines) is 1. The standard InChI is InChI=1S/C29H20Cl2F6N2O5/c1-2-8-38-24(41)11-7-6-10-13(15(11)25(38)42)9-28(30)26(43)39(22-20(36)18(34)17(33)19(35)21(22)37)27(44)29(28,31)16(10)12-4-3-5-14(32)23(12)40/h3-6,11,13,15-16,40H,2,7-9H2,1H3. The minimum Gasteiger partial charge on any atom is -0.505 e. The Morgan fingerprint density at radius 3 is 2.11 bits per heavy atom. The summed E-state index contributed by atoms with van der Waals surface area (Å²) in [4.78, 5) is 50.0. The molecule has 6 rings (SSSR count). The van der Waals surface area contributed by atoms with E-state index in [1.54, 1.807) is 6.92 Å². The number of rotatable bonds is 4. The average Bonchev–Trinajstić information content (AvgIpc) is 3.31. The van der Waals surface area contributed by atoms with E-state index in [1.165, 1.54) is 6.08 Å². The fraction of sp³-hybridized carbons (Fsp3) is 0.379. The van der Waals surface area contributed by atoms with Crippen molar-refractivity contribution in [3.63, 3.8) is 0 Å². The summed E-state index contributed by atoms with van der Waals surface area (Å²) in [5, 5.41) is 10.8. The van der Waals surface area contributed by atoms with Crippen LogP contribution >= 0.6 is 23.2 Å². The maximum absolute atomic E-state index is 15.0. The van der Waals surface area contributed by atoms with Crippen LogP contribution in [0.3, 0.4) is 0 Å². The van der Waals surface area contributed by atoms with E-state index in [2.05, 4.69) is 0 Å². The van der Waals surface area contributed by atoms with Crippen molar-refractivity contribution >= 4 is 52.5 Å². The molecule has 44 heavy (non-hydrogen) atoms. The molecule has 4 aliphatic rings. The topological polar surface area (TPSA) is 95.0 Å². The molecule has 1 N–H and O–H groups in total. The predicted molar refractivity (Wildman–Crippen MR) is 141 cm³/mol. The highest BCUT2D eigenvalue weighted by atomic mass is 35.5. The Kier molecular flexibility index (Phi) is 6.89. The van der Waals surface area contributed by atoms with Crippen LogP contribution in [0.2, 0.25) is 0 Å². The minimum absolute atomic E-state index is 0.0559. The number of alkyl halides is 2. The van der Waals surface area contributed by atoms with E-state index in [4.69, 9.17) is 23.2 Å². The van der Waals surface area contributed by atoms with Crippen molar-refractivity contribution < 1.29 is 50.6 Å². The first-order valence-electron chi connectivity index (χ1n) is 13.5. The second-order valence-electron chi connectivity index (χ2n) is 11.2. The van der Waals surface area contributed by atoms with E-state index in [9.17, 15) is 41.8 Å². The number of phenolic OH excluding ortho intramolecular Hbond substituents is 1. The van der Waals surface area contributed by atoms with Crippen LogP contribution in [0.4, 0.5) is 32.0 Å². The molecule has 15 heteroatoms. The molecule has 232 valence electrons. The number of carbonyl (C=O) groups excluding carboxylic acids is 4. The van der Waals surface area contributed by atoms with Crippen molar-refractivity contribution in [2.24, 2.45) is 17.8 Å². The van der Waals surface area contributed by atoms with Gasteiger partial charge in [0.1, 0.15) is 5.69 Å². The van der Waals surface area contributed by atoms with Crippen LogP contribution in [0.25, 0.3) is 0 Å². The number of phenols is 1. The number of benzene rings is 2. The van der Waals surface area contributed by atoms with Crippen LogP contribution in [0.15, 0.2) is 29.8 Å². The van der Waals surface area contributed by atoms with Crippen LogP contribution < -0.4 is 4.90 Å². The molecule has 7 nitrogen and oxygen atoms in total. The molecule has 3 fully saturated rings. The zero-order valence-electron chi connectivity index (χ0n) is 22.4.